The molecule has 0 aliphatic rings. The standard InChI is InChI=1S/C28H24N2O3/c1-32-27-15-12-21(17-29-27)28-24-14-13-23(33-22-10-6-3-7-11-22)16-25(24)30(26(28)19-31)18-20-8-4-2-5-9-20/h2-17,31H,18-19H2,1H3. The Morgan fingerprint density at radius 3 is 2.27 bits per heavy atom. The molecule has 5 aromatic rings. The summed E-state index contributed by atoms with van der Waals surface area (Å²) < 4.78 is 13.5. The number of hydrogen-bond acceptors (Lipinski definition) is 4. The molecular formula is C28H24N2O3. The minimum absolute atomic E-state index is 0.0995. The van der Waals surface area contributed by atoms with Crippen LogP contribution in [0.3, 0.4) is 0 Å². The molecule has 164 valence electrons. The molecule has 3 aromatic carbocycles. The first-order valence-electron chi connectivity index (χ1n) is 10.8. The maximum Gasteiger partial charge on any atom is 0.212 e. The Hall–Kier alpha value is -4.09. The Balaban J connectivity index is 1.68. The first-order chi connectivity index (χ1) is 16.3. The average molecular weight is 437 g/mol. The number of nitrogens with zero attached hydrogens (tertiary/aromatic N) is 2. The summed E-state index contributed by atoms with van der Waals surface area (Å²) >= 11 is 0. The predicted octanol–water partition coefficient (Wildman–Crippen LogP) is 6.04. The van der Waals surface area contributed by atoms with Gasteiger partial charge in [0.2, 0.25) is 5.88 Å². The van der Waals surface area contributed by atoms with Crippen molar-refractivity contribution in [1.29, 1.82) is 0 Å². The minimum atomic E-state index is -0.0995. The largest absolute Gasteiger partial charge is 0.481 e. The van der Waals surface area contributed by atoms with Crippen LogP contribution in [0, 0.1) is 0 Å². The Morgan fingerprint density at radius 1 is 0.848 bits per heavy atom. The van der Waals surface area contributed by atoms with Gasteiger partial charge in [0.05, 0.1) is 24.9 Å². The Labute approximate surface area is 192 Å². The normalized spacial score (nSPS) is 11.0. The molecule has 0 fully saturated rings. The number of fused-ring (bicyclic) bond motifs is 1. The maximum atomic E-state index is 10.4. The first-order valence-corrected chi connectivity index (χ1v) is 10.8. The number of rotatable bonds is 7. The van der Waals surface area contributed by atoms with Gasteiger partial charge in [-0.15, -0.1) is 0 Å². The molecule has 0 spiro atoms. The molecule has 0 amide bonds. The molecule has 0 saturated heterocycles. The van der Waals surface area contributed by atoms with Crippen LogP contribution in [0.15, 0.2) is 97.2 Å². The van der Waals surface area contributed by atoms with Gasteiger partial charge in [0.15, 0.2) is 0 Å². The molecule has 33 heavy (non-hydrogen) atoms. The number of aliphatic hydroxyl groups excluding tert-OH is 1. The van der Waals surface area contributed by atoms with Crippen LogP contribution >= 0.6 is 0 Å². The van der Waals surface area contributed by atoms with Gasteiger partial charge in [0.25, 0.3) is 0 Å². The summed E-state index contributed by atoms with van der Waals surface area (Å²) in [4.78, 5) is 4.38. The molecule has 0 unspecified atom stereocenters. The monoisotopic (exact) mass is 436 g/mol. The summed E-state index contributed by atoms with van der Waals surface area (Å²) in [6, 6.07) is 29.8. The Bertz CT molecular complexity index is 1360. The highest BCUT2D eigenvalue weighted by Crippen LogP contribution is 2.38. The quantitative estimate of drug-likeness (QED) is 0.338. The maximum absolute atomic E-state index is 10.4. The fourth-order valence-electron chi connectivity index (χ4n) is 4.15. The van der Waals surface area contributed by atoms with E-state index in [2.05, 4.69) is 21.7 Å². The molecule has 0 radical (unpaired) electrons. The van der Waals surface area contributed by atoms with Gasteiger partial charge in [0, 0.05) is 41.4 Å². The van der Waals surface area contributed by atoms with E-state index in [1.807, 2.05) is 78.9 Å². The second-order valence-electron chi connectivity index (χ2n) is 7.73. The van der Waals surface area contributed by atoms with Gasteiger partial charge in [-0.1, -0.05) is 48.5 Å². The molecule has 0 aliphatic carbocycles. The lowest BCUT2D eigenvalue weighted by molar-refractivity contribution is 0.273. The summed E-state index contributed by atoms with van der Waals surface area (Å²) in [6.45, 7) is 0.531. The fraction of sp³-hybridized carbons (Fsp3) is 0.107. The van der Waals surface area contributed by atoms with E-state index in [4.69, 9.17) is 9.47 Å². The molecular weight excluding hydrogens is 412 g/mol. The molecule has 5 heteroatoms. The van der Waals surface area contributed by atoms with Crippen LogP contribution in [0.1, 0.15) is 11.3 Å². The van der Waals surface area contributed by atoms with Crippen molar-refractivity contribution in [1.82, 2.24) is 9.55 Å². The van der Waals surface area contributed by atoms with Crippen LogP contribution in [0.25, 0.3) is 22.0 Å². The molecule has 5 nitrogen and oxygen atoms in total. The number of hydrogen-bond donors (Lipinski definition) is 1. The molecule has 5 rings (SSSR count). The van der Waals surface area contributed by atoms with Crippen molar-refractivity contribution in [3.8, 4) is 28.5 Å². The summed E-state index contributed by atoms with van der Waals surface area (Å²) in [6.07, 6.45) is 1.79. The SMILES string of the molecule is COc1ccc(-c2c(CO)n(Cc3ccccc3)c3cc(Oc4ccccc4)ccc23)cn1. The highest BCUT2D eigenvalue weighted by Gasteiger charge is 2.19. The topological polar surface area (TPSA) is 56.5 Å². The second-order valence-corrected chi connectivity index (χ2v) is 7.73. The number of aromatic nitrogens is 2. The van der Waals surface area contributed by atoms with Crippen molar-refractivity contribution in [3.05, 3.63) is 108 Å². The summed E-state index contributed by atoms with van der Waals surface area (Å²) in [5.41, 5.74) is 4.86. The number of benzene rings is 3. The van der Waals surface area contributed by atoms with E-state index in [1.54, 1.807) is 13.3 Å². The number of aliphatic hydroxyl groups is 1. The zero-order valence-electron chi connectivity index (χ0n) is 18.3. The average Bonchev–Trinajstić information content (AvgIpc) is 3.18. The van der Waals surface area contributed by atoms with Crippen LogP contribution in [-0.4, -0.2) is 21.8 Å². The predicted molar refractivity (Wildman–Crippen MR) is 130 cm³/mol. The molecule has 2 aromatic heterocycles. The summed E-state index contributed by atoms with van der Waals surface area (Å²) in [5.74, 6) is 2.07. The highest BCUT2D eigenvalue weighted by molar-refractivity contribution is 5.98. The lowest BCUT2D eigenvalue weighted by atomic mass is 10.0. The molecule has 1 N–H and O–H groups in total. The van der Waals surface area contributed by atoms with Crippen molar-refractivity contribution in [2.24, 2.45) is 0 Å². The van der Waals surface area contributed by atoms with Gasteiger partial charge in [-0.2, -0.15) is 0 Å². The third kappa shape index (κ3) is 4.19. The zero-order valence-corrected chi connectivity index (χ0v) is 18.3. The van der Waals surface area contributed by atoms with Gasteiger partial charge < -0.3 is 19.1 Å². The van der Waals surface area contributed by atoms with Crippen molar-refractivity contribution in [2.75, 3.05) is 7.11 Å². The highest BCUT2D eigenvalue weighted by atomic mass is 16.5. The number of methoxy groups -OCH3 is 1. The van der Waals surface area contributed by atoms with Crippen molar-refractivity contribution < 1.29 is 14.6 Å². The van der Waals surface area contributed by atoms with Crippen LogP contribution in [0.5, 0.6) is 17.4 Å². The van der Waals surface area contributed by atoms with Crippen molar-refractivity contribution in [3.63, 3.8) is 0 Å². The molecule has 0 bridgehead atoms. The van der Waals surface area contributed by atoms with E-state index in [1.165, 1.54) is 0 Å². The number of ether oxygens (including phenoxy) is 2. The van der Waals surface area contributed by atoms with Crippen LogP contribution in [0.4, 0.5) is 0 Å². The van der Waals surface area contributed by atoms with E-state index in [0.29, 0.717) is 12.4 Å². The van der Waals surface area contributed by atoms with Crippen LogP contribution in [-0.2, 0) is 13.2 Å². The van der Waals surface area contributed by atoms with E-state index in [9.17, 15) is 5.11 Å². The summed E-state index contributed by atoms with van der Waals surface area (Å²) in [5, 5.41) is 11.5. The zero-order chi connectivity index (χ0) is 22.6. The third-order valence-electron chi connectivity index (χ3n) is 5.69. The Morgan fingerprint density at radius 2 is 1.61 bits per heavy atom. The molecule has 0 atom stereocenters. The van der Waals surface area contributed by atoms with E-state index in [0.717, 1.165) is 44.8 Å². The van der Waals surface area contributed by atoms with Crippen molar-refractivity contribution in [2.45, 2.75) is 13.2 Å². The summed E-state index contributed by atoms with van der Waals surface area (Å²) in [7, 11) is 1.60. The van der Waals surface area contributed by atoms with Gasteiger partial charge in [-0.3, -0.25) is 0 Å². The van der Waals surface area contributed by atoms with E-state index >= 15 is 0 Å². The van der Waals surface area contributed by atoms with Crippen LogP contribution in [0.2, 0.25) is 0 Å². The van der Waals surface area contributed by atoms with Gasteiger partial charge in [0.1, 0.15) is 11.5 Å². The minimum Gasteiger partial charge on any atom is -0.481 e. The number of para-hydroxylation sites is 1. The second kappa shape index (κ2) is 9.18. The molecule has 2 heterocycles. The number of pyridine rings is 1. The fourth-order valence-corrected chi connectivity index (χ4v) is 4.15. The van der Waals surface area contributed by atoms with Crippen LogP contribution < -0.4 is 9.47 Å². The first kappa shape index (κ1) is 20.8. The lowest BCUT2D eigenvalue weighted by Crippen LogP contribution is -2.05. The van der Waals surface area contributed by atoms with Gasteiger partial charge >= 0.3 is 0 Å². The third-order valence-corrected chi connectivity index (χ3v) is 5.69. The molecule has 0 saturated carbocycles. The smallest absolute Gasteiger partial charge is 0.212 e. The van der Waals surface area contributed by atoms with E-state index in [-0.39, 0.29) is 6.61 Å². The lowest BCUT2D eigenvalue weighted by Gasteiger charge is -2.11. The van der Waals surface area contributed by atoms with Gasteiger partial charge in [-0.25, -0.2) is 4.98 Å². The van der Waals surface area contributed by atoms with E-state index < -0.39 is 0 Å². The molecule has 0 aliphatic heterocycles. The van der Waals surface area contributed by atoms with Crippen molar-refractivity contribution >= 4 is 10.9 Å². The Kier molecular flexibility index (Phi) is 5.79. The van der Waals surface area contributed by atoms with Gasteiger partial charge in [-0.05, 0) is 35.9 Å².